The topological polar surface area (TPSA) is 0 Å². The zero-order chi connectivity index (χ0) is 14.0. The Balaban J connectivity index is 2.30. The van der Waals surface area contributed by atoms with E-state index in [0.717, 1.165) is 14.7 Å². The average Bonchev–Trinajstić information content (AvgIpc) is 2.38. The lowest BCUT2D eigenvalue weighted by molar-refractivity contribution is 0.626. The second-order valence-electron chi connectivity index (χ2n) is 4.85. The molecule has 0 aliphatic carbocycles. The fraction of sp³-hybridized carbons (Fsp3) is 0.250. The number of alkyl halides is 1. The molecule has 1 unspecified atom stereocenters. The maximum absolute atomic E-state index is 13.1. The molecule has 0 aliphatic heterocycles. The molecule has 2 rings (SSSR count). The smallest absolute Gasteiger partial charge is 0.124 e. The third-order valence-electron chi connectivity index (χ3n) is 3.13. The highest BCUT2D eigenvalue weighted by molar-refractivity contribution is 14.1. The summed E-state index contributed by atoms with van der Waals surface area (Å²) in [4.78, 5) is 0. The van der Waals surface area contributed by atoms with E-state index in [1.54, 1.807) is 6.07 Å². The van der Waals surface area contributed by atoms with Crippen LogP contribution in [0, 0.1) is 9.39 Å². The van der Waals surface area contributed by atoms with Gasteiger partial charge in [0.1, 0.15) is 5.82 Å². The van der Waals surface area contributed by atoms with Crippen LogP contribution in [-0.2, 0) is 0 Å². The van der Waals surface area contributed by atoms with Gasteiger partial charge in [-0.25, -0.2) is 4.39 Å². The summed E-state index contributed by atoms with van der Waals surface area (Å²) in [5.41, 5.74) is 3.28. The van der Waals surface area contributed by atoms with Crippen LogP contribution >= 0.6 is 34.2 Å². The lowest BCUT2D eigenvalue weighted by Gasteiger charge is -2.14. The minimum Gasteiger partial charge on any atom is -0.207 e. The second-order valence-corrected chi connectivity index (χ2v) is 6.45. The van der Waals surface area contributed by atoms with Crippen LogP contribution in [0.4, 0.5) is 4.39 Å². The first-order valence-corrected chi connectivity index (χ1v) is 7.69. The molecule has 0 spiro atoms. The van der Waals surface area contributed by atoms with Crippen LogP contribution in [-0.4, -0.2) is 0 Å². The largest absolute Gasteiger partial charge is 0.207 e. The molecule has 0 fully saturated rings. The summed E-state index contributed by atoms with van der Waals surface area (Å²) in [6.07, 6.45) is 0. The molecule has 0 heterocycles. The van der Waals surface area contributed by atoms with Crippen molar-refractivity contribution in [2.45, 2.75) is 25.1 Å². The summed E-state index contributed by atoms with van der Waals surface area (Å²) in [5.74, 6) is 0.279. The van der Waals surface area contributed by atoms with Crippen LogP contribution in [0.2, 0.25) is 0 Å². The van der Waals surface area contributed by atoms with Gasteiger partial charge in [0.05, 0.1) is 5.38 Å². The molecule has 0 radical (unpaired) electrons. The van der Waals surface area contributed by atoms with Crippen molar-refractivity contribution in [1.29, 1.82) is 0 Å². The van der Waals surface area contributed by atoms with Gasteiger partial charge in [0.25, 0.3) is 0 Å². The van der Waals surface area contributed by atoms with Crippen LogP contribution in [0.5, 0.6) is 0 Å². The standard InChI is InChI=1S/C16H15ClFI/c1-10(2)11-3-5-12(6-4-11)16(17)14-8-7-13(18)9-15(14)19/h3-10,16H,1-2H3. The number of rotatable bonds is 3. The molecule has 19 heavy (non-hydrogen) atoms. The Morgan fingerprint density at radius 1 is 1.00 bits per heavy atom. The van der Waals surface area contributed by atoms with Crippen molar-refractivity contribution in [3.8, 4) is 0 Å². The Morgan fingerprint density at radius 2 is 1.58 bits per heavy atom. The molecule has 0 aliphatic rings. The SMILES string of the molecule is CC(C)c1ccc(C(Cl)c2ccc(F)cc2I)cc1. The zero-order valence-corrected chi connectivity index (χ0v) is 13.7. The summed E-state index contributed by atoms with van der Waals surface area (Å²) in [6, 6.07) is 13.0. The minimum atomic E-state index is -0.242. The van der Waals surface area contributed by atoms with E-state index in [1.165, 1.54) is 17.7 Å². The zero-order valence-electron chi connectivity index (χ0n) is 10.8. The van der Waals surface area contributed by atoms with E-state index in [9.17, 15) is 4.39 Å². The molecular weight excluding hydrogens is 374 g/mol. The Hall–Kier alpha value is -0.610. The van der Waals surface area contributed by atoms with Crippen molar-refractivity contribution in [1.82, 2.24) is 0 Å². The summed E-state index contributed by atoms with van der Waals surface area (Å²) in [5, 5.41) is -0.242. The van der Waals surface area contributed by atoms with E-state index < -0.39 is 0 Å². The van der Waals surface area contributed by atoms with Gasteiger partial charge < -0.3 is 0 Å². The molecule has 1 atom stereocenters. The summed E-state index contributed by atoms with van der Waals surface area (Å²) in [6.45, 7) is 4.33. The minimum absolute atomic E-state index is 0.229. The van der Waals surface area contributed by atoms with Crippen molar-refractivity contribution in [2.24, 2.45) is 0 Å². The van der Waals surface area contributed by atoms with Crippen LogP contribution in [0.25, 0.3) is 0 Å². The van der Waals surface area contributed by atoms with E-state index >= 15 is 0 Å². The molecule has 2 aromatic carbocycles. The van der Waals surface area contributed by atoms with Crippen LogP contribution in [0.3, 0.4) is 0 Å². The van der Waals surface area contributed by atoms with Crippen LogP contribution in [0.15, 0.2) is 42.5 Å². The van der Waals surface area contributed by atoms with E-state index in [4.69, 9.17) is 11.6 Å². The Morgan fingerprint density at radius 3 is 2.11 bits per heavy atom. The first-order valence-electron chi connectivity index (χ1n) is 6.18. The van der Waals surface area contributed by atoms with E-state index in [2.05, 4.69) is 48.6 Å². The molecule has 0 nitrogen and oxygen atoms in total. The van der Waals surface area contributed by atoms with Gasteiger partial charge in [0.15, 0.2) is 0 Å². The summed E-state index contributed by atoms with van der Waals surface area (Å²) >= 11 is 8.61. The molecule has 0 aromatic heterocycles. The van der Waals surface area contributed by atoms with Gasteiger partial charge in [-0.2, -0.15) is 0 Å². The lowest BCUT2D eigenvalue weighted by atomic mass is 9.98. The van der Waals surface area contributed by atoms with Gasteiger partial charge in [-0.1, -0.05) is 44.2 Å². The summed E-state index contributed by atoms with van der Waals surface area (Å²) in [7, 11) is 0. The molecule has 3 heteroatoms. The molecule has 2 aromatic rings. The number of hydrogen-bond acceptors (Lipinski definition) is 0. The van der Waals surface area contributed by atoms with E-state index in [-0.39, 0.29) is 11.2 Å². The van der Waals surface area contributed by atoms with Gasteiger partial charge in [-0.3, -0.25) is 0 Å². The Kier molecular flexibility index (Phi) is 4.85. The first kappa shape index (κ1) is 14.8. The van der Waals surface area contributed by atoms with Gasteiger partial charge in [0, 0.05) is 3.57 Å². The highest BCUT2D eigenvalue weighted by Crippen LogP contribution is 2.32. The first-order chi connectivity index (χ1) is 8.99. The van der Waals surface area contributed by atoms with E-state index in [0.29, 0.717) is 5.92 Å². The lowest BCUT2D eigenvalue weighted by Crippen LogP contribution is -1.98. The van der Waals surface area contributed by atoms with E-state index in [1.807, 2.05) is 12.1 Å². The van der Waals surface area contributed by atoms with Crippen molar-refractivity contribution < 1.29 is 4.39 Å². The highest BCUT2D eigenvalue weighted by Gasteiger charge is 2.14. The number of benzene rings is 2. The average molecular weight is 389 g/mol. The molecule has 0 saturated heterocycles. The highest BCUT2D eigenvalue weighted by atomic mass is 127. The second kappa shape index (κ2) is 6.23. The predicted octanol–water partition coefficient (Wildman–Crippen LogP) is 5.88. The monoisotopic (exact) mass is 388 g/mol. The number of halogens is 3. The van der Waals surface area contributed by atoms with Gasteiger partial charge in [-0.15, -0.1) is 11.6 Å². The normalized spacial score (nSPS) is 12.7. The third kappa shape index (κ3) is 3.48. The summed E-state index contributed by atoms with van der Waals surface area (Å²) < 4.78 is 14.0. The molecule has 0 N–H and O–H groups in total. The van der Waals surface area contributed by atoms with Crippen molar-refractivity contribution >= 4 is 34.2 Å². The predicted molar refractivity (Wildman–Crippen MR) is 87.3 cm³/mol. The molecule has 0 bridgehead atoms. The van der Waals surface area contributed by atoms with Crippen molar-refractivity contribution in [2.75, 3.05) is 0 Å². The molecule has 0 saturated carbocycles. The van der Waals surface area contributed by atoms with Crippen LogP contribution in [0.1, 0.15) is 41.8 Å². The van der Waals surface area contributed by atoms with Crippen molar-refractivity contribution in [3.05, 3.63) is 68.5 Å². The number of hydrogen-bond donors (Lipinski definition) is 0. The molecular formula is C16H15ClFI. The van der Waals surface area contributed by atoms with Gasteiger partial charge in [-0.05, 0) is 57.3 Å². The fourth-order valence-corrected chi connectivity index (χ4v) is 3.25. The Bertz CT molecular complexity index is 563. The van der Waals surface area contributed by atoms with Crippen LogP contribution < -0.4 is 0 Å². The Labute approximate surface area is 132 Å². The third-order valence-corrected chi connectivity index (χ3v) is 4.55. The quantitative estimate of drug-likeness (QED) is 0.455. The maximum Gasteiger partial charge on any atom is 0.124 e. The van der Waals surface area contributed by atoms with Crippen molar-refractivity contribution in [3.63, 3.8) is 0 Å². The molecule has 100 valence electrons. The van der Waals surface area contributed by atoms with Gasteiger partial charge in [0.2, 0.25) is 0 Å². The molecule has 0 amide bonds. The fourth-order valence-electron chi connectivity index (χ4n) is 1.94. The maximum atomic E-state index is 13.1. The van der Waals surface area contributed by atoms with Gasteiger partial charge >= 0.3 is 0 Å².